The Hall–Kier alpha value is -2.66. The van der Waals surface area contributed by atoms with Crippen molar-refractivity contribution in [1.82, 2.24) is 9.91 Å². The number of nitrogens with zero attached hydrogens (tertiary/aromatic N) is 3. The Kier molecular flexibility index (Phi) is 5.95. The number of rotatable bonds is 5. The van der Waals surface area contributed by atoms with Crippen molar-refractivity contribution in [3.8, 4) is 5.75 Å². The highest BCUT2D eigenvalue weighted by Gasteiger charge is 2.34. The predicted octanol–water partition coefficient (Wildman–Crippen LogP) is 4.17. The molecule has 0 N–H and O–H groups in total. The molecule has 0 spiro atoms. The van der Waals surface area contributed by atoms with Crippen LogP contribution in [0, 0.1) is 6.92 Å². The van der Waals surface area contributed by atoms with Crippen LogP contribution in [-0.4, -0.2) is 48.3 Å². The first-order valence-electron chi connectivity index (χ1n) is 10.5. The van der Waals surface area contributed by atoms with Crippen molar-refractivity contribution in [3.63, 3.8) is 0 Å². The molecule has 2 aliphatic heterocycles. The van der Waals surface area contributed by atoms with Crippen LogP contribution in [0.15, 0.2) is 53.6 Å². The Bertz CT molecular complexity index is 885. The largest absolute Gasteiger partial charge is 0.497 e. The summed E-state index contributed by atoms with van der Waals surface area (Å²) in [6.45, 7) is 4.56. The normalized spacial score (nSPS) is 19.9. The SMILES string of the molecule is COc1ccc(C2=NN(C(=O)CN3CCCCC3)C(c3ccccc3C)C2)cc1. The topological polar surface area (TPSA) is 45.1 Å². The van der Waals surface area contributed by atoms with Gasteiger partial charge in [0.15, 0.2) is 0 Å². The number of carbonyl (C=O) groups excluding carboxylic acids is 1. The quantitative estimate of drug-likeness (QED) is 0.769. The Morgan fingerprint density at radius 1 is 1.07 bits per heavy atom. The molecule has 5 heteroatoms. The molecule has 1 saturated heterocycles. The highest BCUT2D eigenvalue weighted by Crippen LogP contribution is 2.34. The number of likely N-dealkylation sites (tertiary alicyclic amines) is 1. The molecule has 0 radical (unpaired) electrons. The standard InChI is InChI=1S/C24H29N3O2/c1-18-8-4-5-9-21(18)23-16-22(19-10-12-20(29-2)13-11-19)25-27(23)24(28)17-26-14-6-3-7-15-26/h4-5,8-13,23H,3,6-7,14-17H2,1-2H3. The lowest BCUT2D eigenvalue weighted by atomic mass is 9.95. The van der Waals surface area contributed by atoms with E-state index in [0.29, 0.717) is 6.54 Å². The molecule has 29 heavy (non-hydrogen) atoms. The number of hydrogen-bond donors (Lipinski definition) is 0. The highest BCUT2D eigenvalue weighted by atomic mass is 16.5. The molecule has 0 aliphatic carbocycles. The van der Waals surface area contributed by atoms with Crippen LogP contribution in [0.1, 0.15) is 48.4 Å². The van der Waals surface area contributed by atoms with E-state index < -0.39 is 0 Å². The number of piperidine rings is 1. The number of hydrogen-bond acceptors (Lipinski definition) is 4. The molecule has 0 aromatic heterocycles. The summed E-state index contributed by atoms with van der Waals surface area (Å²) in [5.74, 6) is 0.907. The zero-order valence-electron chi connectivity index (χ0n) is 17.3. The predicted molar refractivity (Wildman–Crippen MR) is 115 cm³/mol. The van der Waals surface area contributed by atoms with E-state index in [-0.39, 0.29) is 11.9 Å². The average molecular weight is 392 g/mol. The third-order valence-corrected chi connectivity index (χ3v) is 5.94. The summed E-state index contributed by atoms with van der Waals surface area (Å²) in [6, 6.07) is 16.2. The van der Waals surface area contributed by atoms with Crippen LogP contribution in [-0.2, 0) is 4.79 Å². The number of amides is 1. The summed E-state index contributed by atoms with van der Waals surface area (Å²) < 4.78 is 5.27. The maximum Gasteiger partial charge on any atom is 0.257 e. The molecule has 5 nitrogen and oxygen atoms in total. The molecule has 1 atom stereocenters. The van der Waals surface area contributed by atoms with Gasteiger partial charge in [0.25, 0.3) is 5.91 Å². The van der Waals surface area contributed by atoms with Crippen molar-refractivity contribution in [2.24, 2.45) is 5.10 Å². The van der Waals surface area contributed by atoms with Crippen LogP contribution in [0.25, 0.3) is 0 Å². The lowest BCUT2D eigenvalue weighted by molar-refractivity contribution is -0.134. The second-order valence-electron chi connectivity index (χ2n) is 7.93. The summed E-state index contributed by atoms with van der Waals surface area (Å²) in [4.78, 5) is 15.5. The van der Waals surface area contributed by atoms with Crippen molar-refractivity contribution >= 4 is 11.6 Å². The van der Waals surface area contributed by atoms with Crippen molar-refractivity contribution in [3.05, 3.63) is 65.2 Å². The van der Waals surface area contributed by atoms with E-state index >= 15 is 0 Å². The number of carbonyl (C=O) groups is 1. The molecule has 2 aliphatic rings. The van der Waals surface area contributed by atoms with Gasteiger partial charge in [-0.25, -0.2) is 5.01 Å². The molecule has 0 saturated carbocycles. The van der Waals surface area contributed by atoms with E-state index in [0.717, 1.165) is 36.5 Å². The molecular weight excluding hydrogens is 362 g/mol. The molecule has 2 aromatic rings. The Morgan fingerprint density at radius 2 is 1.79 bits per heavy atom. The first-order chi connectivity index (χ1) is 14.2. The van der Waals surface area contributed by atoms with Gasteiger partial charge >= 0.3 is 0 Å². The van der Waals surface area contributed by atoms with Crippen molar-refractivity contribution in [2.45, 2.75) is 38.6 Å². The zero-order chi connectivity index (χ0) is 20.2. The fourth-order valence-corrected chi connectivity index (χ4v) is 4.28. The van der Waals surface area contributed by atoms with Crippen LogP contribution in [0.3, 0.4) is 0 Å². The molecule has 1 amide bonds. The van der Waals surface area contributed by atoms with E-state index in [2.05, 4.69) is 24.0 Å². The number of ether oxygens (including phenoxy) is 1. The van der Waals surface area contributed by atoms with E-state index in [1.54, 1.807) is 12.1 Å². The third-order valence-electron chi connectivity index (χ3n) is 5.94. The Labute approximate surface area is 173 Å². The molecule has 2 heterocycles. The maximum atomic E-state index is 13.2. The van der Waals surface area contributed by atoms with Crippen LogP contribution in [0.5, 0.6) is 5.75 Å². The van der Waals surface area contributed by atoms with Crippen LogP contribution >= 0.6 is 0 Å². The molecule has 1 unspecified atom stereocenters. The fraction of sp³-hybridized carbons (Fsp3) is 0.417. The van der Waals surface area contributed by atoms with Crippen molar-refractivity contribution in [1.29, 1.82) is 0 Å². The lowest BCUT2D eigenvalue weighted by Crippen LogP contribution is -2.40. The average Bonchev–Trinajstić information content (AvgIpc) is 3.20. The number of methoxy groups -OCH3 is 1. The lowest BCUT2D eigenvalue weighted by Gasteiger charge is -2.29. The molecular formula is C24H29N3O2. The first kappa shape index (κ1) is 19.6. The third kappa shape index (κ3) is 4.35. The van der Waals surface area contributed by atoms with Gasteiger partial charge in [0.1, 0.15) is 5.75 Å². The maximum absolute atomic E-state index is 13.2. The Balaban J connectivity index is 1.61. The van der Waals surface area contributed by atoms with Gasteiger partial charge in [0.2, 0.25) is 0 Å². The van der Waals surface area contributed by atoms with Gasteiger partial charge in [-0.3, -0.25) is 9.69 Å². The highest BCUT2D eigenvalue weighted by molar-refractivity contribution is 6.03. The summed E-state index contributed by atoms with van der Waals surface area (Å²) in [6.07, 6.45) is 4.34. The van der Waals surface area contributed by atoms with Gasteiger partial charge in [-0.1, -0.05) is 30.7 Å². The zero-order valence-corrected chi connectivity index (χ0v) is 17.3. The fourth-order valence-electron chi connectivity index (χ4n) is 4.28. The monoisotopic (exact) mass is 391 g/mol. The number of benzene rings is 2. The minimum absolute atomic E-state index is 0.0504. The van der Waals surface area contributed by atoms with E-state index in [4.69, 9.17) is 9.84 Å². The smallest absolute Gasteiger partial charge is 0.257 e. The van der Waals surface area contributed by atoms with Gasteiger partial charge in [-0.15, -0.1) is 0 Å². The summed E-state index contributed by atoms with van der Waals surface area (Å²) in [5.41, 5.74) is 4.36. The van der Waals surface area contributed by atoms with E-state index in [9.17, 15) is 4.79 Å². The van der Waals surface area contributed by atoms with Gasteiger partial charge in [-0.2, -0.15) is 5.10 Å². The van der Waals surface area contributed by atoms with Gasteiger partial charge in [0.05, 0.1) is 25.4 Å². The van der Waals surface area contributed by atoms with Gasteiger partial charge < -0.3 is 4.74 Å². The minimum Gasteiger partial charge on any atom is -0.497 e. The van der Waals surface area contributed by atoms with Gasteiger partial charge in [-0.05, 0) is 73.8 Å². The summed E-state index contributed by atoms with van der Waals surface area (Å²) >= 11 is 0. The first-order valence-corrected chi connectivity index (χ1v) is 10.5. The van der Waals surface area contributed by atoms with Crippen LogP contribution in [0.4, 0.5) is 0 Å². The minimum atomic E-state index is -0.0504. The van der Waals surface area contributed by atoms with Crippen LogP contribution < -0.4 is 4.74 Å². The molecule has 1 fully saturated rings. The molecule has 0 bridgehead atoms. The molecule has 4 rings (SSSR count). The van der Waals surface area contributed by atoms with Crippen LogP contribution in [0.2, 0.25) is 0 Å². The molecule has 152 valence electrons. The molecule has 2 aromatic carbocycles. The van der Waals surface area contributed by atoms with E-state index in [1.807, 2.05) is 36.4 Å². The van der Waals surface area contributed by atoms with Crippen molar-refractivity contribution < 1.29 is 9.53 Å². The second kappa shape index (κ2) is 8.78. The van der Waals surface area contributed by atoms with Gasteiger partial charge in [0, 0.05) is 6.42 Å². The van der Waals surface area contributed by atoms with Crippen molar-refractivity contribution in [2.75, 3.05) is 26.7 Å². The Morgan fingerprint density at radius 3 is 2.48 bits per heavy atom. The summed E-state index contributed by atoms with van der Waals surface area (Å²) in [7, 11) is 1.66. The second-order valence-corrected chi connectivity index (χ2v) is 7.93. The van der Waals surface area contributed by atoms with E-state index in [1.165, 1.54) is 30.4 Å². The number of hydrazone groups is 1. The summed E-state index contributed by atoms with van der Waals surface area (Å²) in [5, 5.41) is 6.54. The number of aryl methyl sites for hydroxylation is 1.